The largest absolute Gasteiger partial charge is 0.366 e. The second-order valence-corrected chi connectivity index (χ2v) is 5.25. The maximum absolute atomic E-state index is 8.97. The van der Waals surface area contributed by atoms with E-state index in [4.69, 9.17) is 5.26 Å². The first kappa shape index (κ1) is 15.4. The number of rotatable bonds is 5. The summed E-state index contributed by atoms with van der Waals surface area (Å²) in [6.07, 6.45) is 3.56. The van der Waals surface area contributed by atoms with Gasteiger partial charge in [-0.2, -0.15) is 10.2 Å². The van der Waals surface area contributed by atoms with Gasteiger partial charge in [-0.3, -0.25) is 4.98 Å². The van der Waals surface area contributed by atoms with Crippen LogP contribution in [0.4, 0.5) is 17.5 Å². The molecule has 24 heavy (non-hydrogen) atoms. The molecule has 0 aliphatic rings. The lowest BCUT2D eigenvalue weighted by Crippen LogP contribution is -2.05. The molecule has 6 nitrogen and oxygen atoms in total. The molecule has 0 atom stereocenters. The molecule has 0 amide bonds. The molecular formula is C18H16N6. The zero-order valence-electron chi connectivity index (χ0n) is 13.2. The molecule has 1 aromatic carbocycles. The highest BCUT2D eigenvalue weighted by molar-refractivity contribution is 5.57. The first-order chi connectivity index (χ1) is 11.7. The van der Waals surface area contributed by atoms with Gasteiger partial charge in [-0.1, -0.05) is 12.1 Å². The first-order valence-corrected chi connectivity index (χ1v) is 7.48. The molecule has 2 heterocycles. The number of aromatic nitrogens is 3. The molecule has 2 aromatic heterocycles. The van der Waals surface area contributed by atoms with Crippen molar-refractivity contribution in [1.29, 1.82) is 5.26 Å². The number of nitrogens with one attached hydrogen (secondary N) is 2. The van der Waals surface area contributed by atoms with Gasteiger partial charge in [0, 0.05) is 36.4 Å². The van der Waals surface area contributed by atoms with Crippen LogP contribution in [-0.2, 0) is 6.54 Å². The van der Waals surface area contributed by atoms with Crippen LogP contribution in [0.25, 0.3) is 0 Å². The third-order valence-electron chi connectivity index (χ3n) is 3.30. The second kappa shape index (κ2) is 7.20. The van der Waals surface area contributed by atoms with Gasteiger partial charge in [-0.25, -0.2) is 4.98 Å². The minimum Gasteiger partial charge on any atom is -0.366 e. The Hall–Kier alpha value is -3.46. The van der Waals surface area contributed by atoms with Crippen LogP contribution in [0, 0.1) is 18.3 Å². The molecule has 0 aliphatic carbocycles. The summed E-state index contributed by atoms with van der Waals surface area (Å²) >= 11 is 0. The van der Waals surface area contributed by atoms with E-state index in [9.17, 15) is 0 Å². The lowest BCUT2D eigenvalue weighted by Gasteiger charge is -2.10. The van der Waals surface area contributed by atoms with Crippen molar-refractivity contribution in [3.63, 3.8) is 0 Å². The summed E-state index contributed by atoms with van der Waals surface area (Å²) in [5.41, 5.74) is 3.28. The fourth-order valence-corrected chi connectivity index (χ4v) is 2.21. The summed E-state index contributed by atoms with van der Waals surface area (Å²) in [4.78, 5) is 12.9. The van der Waals surface area contributed by atoms with Crippen LogP contribution in [-0.4, -0.2) is 15.0 Å². The number of aryl methyl sites for hydroxylation is 1. The number of anilines is 3. The Morgan fingerprint density at radius 1 is 1.12 bits per heavy atom. The summed E-state index contributed by atoms with van der Waals surface area (Å²) in [6, 6.07) is 15.1. The zero-order chi connectivity index (χ0) is 16.8. The van der Waals surface area contributed by atoms with Gasteiger partial charge in [0.25, 0.3) is 0 Å². The van der Waals surface area contributed by atoms with E-state index in [1.807, 2.05) is 43.5 Å². The normalized spacial score (nSPS) is 10.0. The van der Waals surface area contributed by atoms with Crippen molar-refractivity contribution in [2.75, 3.05) is 10.6 Å². The predicted molar refractivity (Wildman–Crippen MR) is 92.8 cm³/mol. The molecule has 2 N–H and O–H groups in total. The summed E-state index contributed by atoms with van der Waals surface area (Å²) in [5, 5.41) is 15.4. The number of nitrogens with zero attached hydrogens (tertiary/aromatic N) is 4. The van der Waals surface area contributed by atoms with Gasteiger partial charge in [0.2, 0.25) is 5.95 Å². The van der Waals surface area contributed by atoms with Crippen LogP contribution in [0.15, 0.2) is 54.9 Å². The Kier molecular flexibility index (Phi) is 4.63. The van der Waals surface area contributed by atoms with Gasteiger partial charge in [0.15, 0.2) is 0 Å². The van der Waals surface area contributed by atoms with Gasteiger partial charge in [0.1, 0.15) is 5.82 Å². The van der Waals surface area contributed by atoms with Crippen LogP contribution in [0.1, 0.15) is 16.8 Å². The molecule has 0 fully saturated rings. The fourth-order valence-electron chi connectivity index (χ4n) is 2.21. The third kappa shape index (κ3) is 4.05. The van der Waals surface area contributed by atoms with E-state index < -0.39 is 0 Å². The molecule has 118 valence electrons. The van der Waals surface area contributed by atoms with Crippen LogP contribution in [0.5, 0.6) is 0 Å². The topological polar surface area (TPSA) is 86.5 Å². The lowest BCUT2D eigenvalue weighted by atomic mass is 10.2. The van der Waals surface area contributed by atoms with Crippen molar-refractivity contribution in [3.8, 4) is 6.07 Å². The molecule has 0 unspecified atom stereocenters. The lowest BCUT2D eigenvalue weighted by molar-refractivity contribution is 1.05. The number of nitriles is 1. The highest BCUT2D eigenvalue weighted by atomic mass is 15.1. The molecule has 0 bridgehead atoms. The number of hydrogen-bond donors (Lipinski definition) is 2. The second-order valence-electron chi connectivity index (χ2n) is 5.25. The van der Waals surface area contributed by atoms with Gasteiger partial charge in [0.05, 0.1) is 11.6 Å². The molecule has 0 saturated carbocycles. The van der Waals surface area contributed by atoms with Crippen molar-refractivity contribution in [1.82, 2.24) is 15.0 Å². The molecular weight excluding hydrogens is 300 g/mol. The monoisotopic (exact) mass is 316 g/mol. The summed E-state index contributed by atoms with van der Waals surface area (Å²) < 4.78 is 0. The molecule has 3 rings (SSSR count). The van der Waals surface area contributed by atoms with Crippen molar-refractivity contribution in [2.24, 2.45) is 0 Å². The average Bonchev–Trinajstić information content (AvgIpc) is 2.60. The SMILES string of the molecule is Cc1cc(NCc2cccnc2)nc(Nc2cccc(C#N)c2)n1. The van der Waals surface area contributed by atoms with Crippen molar-refractivity contribution < 1.29 is 0 Å². The maximum Gasteiger partial charge on any atom is 0.229 e. The van der Waals surface area contributed by atoms with E-state index in [2.05, 4.69) is 31.7 Å². The maximum atomic E-state index is 8.97. The standard InChI is InChI=1S/C18H16N6/c1-13-8-17(21-12-15-5-3-7-20-11-15)24-18(22-13)23-16-6-2-4-14(9-16)10-19/h2-9,11H,12H2,1H3,(H2,21,22,23,24). The minimum atomic E-state index is 0.485. The van der Waals surface area contributed by atoms with E-state index >= 15 is 0 Å². The Morgan fingerprint density at radius 2 is 2.04 bits per heavy atom. The molecule has 0 radical (unpaired) electrons. The first-order valence-electron chi connectivity index (χ1n) is 7.48. The molecule has 3 aromatic rings. The van der Waals surface area contributed by atoms with E-state index in [1.165, 1.54) is 0 Å². The highest BCUT2D eigenvalue weighted by Gasteiger charge is 2.04. The molecule has 0 spiro atoms. The minimum absolute atomic E-state index is 0.485. The molecule has 0 saturated heterocycles. The van der Waals surface area contributed by atoms with Gasteiger partial charge >= 0.3 is 0 Å². The fraction of sp³-hybridized carbons (Fsp3) is 0.111. The Bertz CT molecular complexity index is 870. The van der Waals surface area contributed by atoms with E-state index in [1.54, 1.807) is 18.3 Å². The summed E-state index contributed by atoms with van der Waals surface area (Å²) in [7, 11) is 0. The van der Waals surface area contributed by atoms with Gasteiger partial charge < -0.3 is 10.6 Å². The van der Waals surface area contributed by atoms with Gasteiger partial charge in [-0.15, -0.1) is 0 Å². The van der Waals surface area contributed by atoms with Crippen LogP contribution < -0.4 is 10.6 Å². The average molecular weight is 316 g/mol. The highest BCUT2D eigenvalue weighted by Crippen LogP contribution is 2.17. The van der Waals surface area contributed by atoms with Crippen molar-refractivity contribution >= 4 is 17.5 Å². The number of hydrogen-bond acceptors (Lipinski definition) is 6. The van der Waals surface area contributed by atoms with Crippen LogP contribution >= 0.6 is 0 Å². The Balaban J connectivity index is 1.75. The van der Waals surface area contributed by atoms with E-state index in [0.29, 0.717) is 18.1 Å². The predicted octanol–water partition coefficient (Wildman–Crippen LogP) is 3.41. The summed E-state index contributed by atoms with van der Waals surface area (Å²) in [6.45, 7) is 2.54. The summed E-state index contributed by atoms with van der Waals surface area (Å²) in [5.74, 6) is 1.21. The van der Waals surface area contributed by atoms with Crippen molar-refractivity contribution in [2.45, 2.75) is 13.5 Å². The number of pyridine rings is 1. The van der Waals surface area contributed by atoms with E-state index in [0.717, 1.165) is 22.8 Å². The van der Waals surface area contributed by atoms with Gasteiger partial charge in [-0.05, 0) is 36.8 Å². The molecule has 6 heteroatoms. The smallest absolute Gasteiger partial charge is 0.229 e. The van der Waals surface area contributed by atoms with Crippen molar-refractivity contribution in [3.05, 3.63) is 71.7 Å². The van der Waals surface area contributed by atoms with Crippen LogP contribution in [0.3, 0.4) is 0 Å². The Labute approximate surface area is 140 Å². The Morgan fingerprint density at radius 3 is 2.83 bits per heavy atom. The van der Waals surface area contributed by atoms with Crippen LogP contribution in [0.2, 0.25) is 0 Å². The number of benzene rings is 1. The third-order valence-corrected chi connectivity index (χ3v) is 3.30. The van der Waals surface area contributed by atoms with E-state index in [-0.39, 0.29) is 0 Å². The molecule has 0 aliphatic heterocycles. The zero-order valence-corrected chi connectivity index (χ0v) is 13.2. The quantitative estimate of drug-likeness (QED) is 0.750.